The van der Waals surface area contributed by atoms with Gasteiger partial charge in [0, 0.05) is 23.7 Å². The van der Waals surface area contributed by atoms with Gasteiger partial charge in [-0.25, -0.2) is 0 Å². The largest absolute Gasteiger partial charge is 0.345 e. The van der Waals surface area contributed by atoms with E-state index >= 15 is 0 Å². The van der Waals surface area contributed by atoms with Gasteiger partial charge < -0.3 is 10.6 Å². The minimum absolute atomic E-state index is 0.0387. The predicted octanol–water partition coefficient (Wildman–Crippen LogP) is 3.48. The number of carbonyl (C=O) groups excluding carboxylic acids is 3. The van der Waals surface area contributed by atoms with Gasteiger partial charge in [0.15, 0.2) is 0 Å². The number of ketones is 1. The molecule has 0 aromatic heterocycles. The monoisotopic (exact) mass is 352 g/mol. The molecule has 1 atom stereocenters. The Morgan fingerprint density at radius 1 is 1.04 bits per heavy atom. The Balaban J connectivity index is 1.95. The Morgan fingerprint density at radius 3 is 2.38 bits per heavy atom. The fourth-order valence-electron chi connectivity index (χ4n) is 2.31. The average Bonchev–Trinajstić information content (AvgIpc) is 2.65. The lowest BCUT2D eigenvalue weighted by atomic mass is 10.1. The van der Waals surface area contributed by atoms with Crippen LogP contribution in [0.4, 0.5) is 5.69 Å². The molecule has 2 N–H and O–H groups in total. The first-order valence-electron chi connectivity index (χ1n) is 8.69. The highest BCUT2D eigenvalue weighted by atomic mass is 16.2. The van der Waals surface area contributed by atoms with Gasteiger partial charge in [-0.1, -0.05) is 55.8 Å². The fraction of sp³-hybridized carbons (Fsp3) is 0.286. The third kappa shape index (κ3) is 5.28. The standard InChI is InChI=1S/C21H24N2O3/c1-4-15(3)20(25)23-18-7-5-6-16(12-18)13-22-21(26)19(24)17-10-8-14(2)9-11-17/h5-12,15H,4,13H2,1-3H3,(H,22,26)(H,23,25)/t15-/m0/s1. The first kappa shape index (κ1) is 19.4. The van der Waals surface area contributed by atoms with Gasteiger partial charge >= 0.3 is 0 Å². The van der Waals surface area contributed by atoms with Crippen LogP contribution >= 0.6 is 0 Å². The number of hydrogen-bond acceptors (Lipinski definition) is 3. The zero-order valence-corrected chi connectivity index (χ0v) is 15.3. The van der Waals surface area contributed by atoms with Gasteiger partial charge in [-0.2, -0.15) is 0 Å². The summed E-state index contributed by atoms with van der Waals surface area (Å²) in [6.45, 7) is 5.96. The molecule has 0 saturated heterocycles. The summed E-state index contributed by atoms with van der Waals surface area (Å²) >= 11 is 0. The number of benzene rings is 2. The maximum absolute atomic E-state index is 12.1. The fourth-order valence-corrected chi connectivity index (χ4v) is 2.31. The summed E-state index contributed by atoms with van der Waals surface area (Å²) in [7, 11) is 0. The number of nitrogens with one attached hydrogen (secondary N) is 2. The number of anilines is 1. The summed E-state index contributed by atoms with van der Waals surface area (Å²) in [4.78, 5) is 36.2. The SMILES string of the molecule is CC[C@H](C)C(=O)Nc1cccc(CNC(=O)C(=O)c2ccc(C)cc2)c1. The molecule has 0 unspecified atom stereocenters. The van der Waals surface area contributed by atoms with E-state index in [0.29, 0.717) is 11.3 Å². The Hall–Kier alpha value is -2.95. The molecular formula is C21H24N2O3. The van der Waals surface area contributed by atoms with E-state index in [1.54, 1.807) is 42.5 Å². The van der Waals surface area contributed by atoms with Gasteiger partial charge in [-0.05, 0) is 31.0 Å². The van der Waals surface area contributed by atoms with Crippen molar-refractivity contribution < 1.29 is 14.4 Å². The van der Waals surface area contributed by atoms with Crippen molar-refractivity contribution >= 4 is 23.3 Å². The molecule has 26 heavy (non-hydrogen) atoms. The molecule has 0 aliphatic heterocycles. The van der Waals surface area contributed by atoms with Crippen molar-refractivity contribution in [1.29, 1.82) is 0 Å². The second kappa shape index (κ2) is 8.94. The molecule has 0 heterocycles. The van der Waals surface area contributed by atoms with Crippen LogP contribution in [0.3, 0.4) is 0 Å². The van der Waals surface area contributed by atoms with Crippen molar-refractivity contribution in [3.05, 3.63) is 65.2 Å². The van der Waals surface area contributed by atoms with Crippen molar-refractivity contribution in [2.24, 2.45) is 5.92 Å². The Labute approximate surface area is 153 Å². The zero-order valence-electron chi connectivity index (χ0n) is 15.3. The van der Waals surface area contributed by atoms with E-state index < -0.39 is 11.7 Å². The number of amides is 2. The van der Waals surface area contributed by atoms with Crippen molar-refractivity contribution in [3.63, 3.8) is 0 Å². The number of rotatable bonds is 7. The molecule has 2 amide bonds. The summed E-state index contributed by atoms with van der Waals surface area (Å²) in [5.41, 5.74) is 2.87. The second-order valence-corrected chi connectivity index (χ2v) is 6.38. The highest BCUT2D eigenvalue weighted by Crippen LogP contribution is 2.13. The lowest BCUT2D eigenvalue weighted by molar-refractivity contribution is -0.119. The molecule has 5 heteroatoms. The molecule has 0 fully saturated rings. The van der Waals surface area contributed by atoms with Crippen LogP contribution in [0.25, 0.3) is 0 Å². The lowest BCUT2D eigenvalue weighted by Gasteiger charge is -2.11. The van der Waals surface area contributed by atoms with Crippen LogP contribution in [0.2, 0.25) is 0 Å². The normalized spacial score (nSPS) is 11.5. The molecular weight excluding hydrogens is 328 g/mol. The highest BCUT2D eigenvalue weighted by Gasteiger charge is 2.16. The van der Waals surface area contributed by atoms with Gasteiger partial charge in [0.05, 0.1) is 0 Å². The lowest BCUT2D eigenvalue weighted by Crippen LogP contribution is -2.30. The maximum Gasteiger partial charge on any atom is 0.292 e. The van der Waals surface area contributed by atoms with Crippen LogP contribution in [0.1, 0.15) is 41.8 Å². The van der Waals surface area contributed by atoms with E-state index in [-0.39, 0.29) is 18.4 Å². The van der Waals surface area contributed by atoms with Crippen molar-refractivity contribution in [2.45, 2.75) is 33.7 Å². The van der Waals surface area contributed by atoms with E-state index in [4.69, 9.17) is 0 Å². The Bertz CT molecular complexity index is 797. The van der Waals surface area contributed by atoms with Crippen molar-refractivity contribution in [1.82, 2.24) is 5.32 Å². The third-order valence-electron chi connectivity index (χ3n) is 4.23. The molecule has 0 saturated carbocycles. The summed E-state index contributed by atoms with van der Waals surface area (Å²) in [5, 5.41) is 5.48. The van der Waals surface area contributed by atoms with E-state index in [0.717, 1.165) is 17.5 Å². The smallest absolute Gasteiger partial charge is 0.292 e. The molecule has 136 valence electrons. The van der Waals surface area contributed by atoms with Gasteiger partial charge in [-0.3, -0.25) is 14.4 Å². The average molecular weight is 352 g/mol. The van der Waals surface area contributed by atoms with Crippen LogP contribution < -0.4 is 10.6 Å². The molecule has 0 radical (unpaired) electrons. The van der Waals surface area contributed by atoms with Crippen molar-refractivity contribution in [2.75, 3.05) is 5.32 Å². The van der Waals surface area contributed by atoms with Gasteiger partial charge in [0.1, 0.15) is 0 Å². The molecule has 2 rings (SSSR count). The van der Waals surface area contributed by atoms with E-state index in [9.17, 15) is 14.4 Å². The van der Waals surface area contributed by atoms with Gasteiger partial charge in [0.25, 0.3) is 5.91 Å². The summed E-state index contributed by atoms with van der Waals surface area (Å²) in [6.07, 6.45) is 0.767. The predicted molar refractivity (Wildman–Crippen MR) is 102 cm³/mol. The highest BCUT2D eigenvalue weighted by molar-refractivity contribution is 6.42. The van der Waals surface area contributed by atoms with Crippen LogP contribution in [-0.2, 0) is 16.1 Å². The van der Waals surface area contributed by atoms with Crippen molar-refractivity contribution in [3.8, 4) is 0 Å². The first-order valence-corrected chi connectivity index (χ1v) is 8.69. The number of aryl methyl sites for hydroxylation is 1. The molecule has 0 spiro atoms. The molecule has 0 aliphatic rings. The molecule has 0 aliphatic carbocycles. The minimum atomic E-state index is -0.650. The van der Waals surface area contributed by atoms with Gasteiger partial charge in [-0.15, -0.1) is 0 Å². The Morgan fingerprint density at radius 2 is 1.73 bits per heavy atom. The number of carbonyl (C=O) groups is 3. The number of Topliss-reactive ketones (excluding diaryl/α,β-unsaturated/α-hetero) is 1. The topological polar surface area (TPSA) is 75.3 Å². The van der Waals surface area contributed by atoms with E-state index in [1.807, 2.05) is 26.8 Å². The third-order valence-corrected chi connectivity index (χ3v) is 4.23. The summed E-state index contributed by atoms with van der Waals surface area (Å²) < 4.78 is 0. The molecule has 2 aromatic carbocycles. The van der Waals surface area contributed by atoms with Gasteiger partial charge in [0.2, 0.25) is 11.7 Å². The maximum atomic E-state index is 12.1. The van der Waals surface area contributed by atoms with E-state index in [2.05, 4.69) is 10.6 Å². The summed E-state index contributed by atoms with van der Waals surface area (Å²) in [5.74, 6) is -1.32. The second-order valence-electron chi connectivity index (χ2n) is 6.38. The number of hydrogen-bond donors (Lipinski definition) is 2. The molecule has 5 nitrogen and oxygen atoms in total. The van der Waals surface area contributed by atoms with Crippen LogP contribution in [0, 0.1) is 12.8 Å². The molecule has 2 aromatic rings. The quantitative estimate of drug-likeness (QED) is 0.592. The van der Waals surface area contributed by atoms with E-state index in [1.165, 1.54) is 0 Å². The summed E-state index contributed by atoms with van der Waals surface area (Å²) in [6, 6.07) is 14.1. The molecule has 0 bridgehead atoms. The first-order chi connectivity index (χ1) is 12.4. The zero-order chi connectivity index (χ0) is 19.1. The minimum Gasteiger partial charge on any atom is -0.345 e. The van der Waals surface area contributed by atoms with Crippen LogP contribution in [0.15, 0.2) is 48.5 Å². The van der Waals surface area contributed by atoms with Crippen LogP contribution in [-0.4, -0.2) is 17.6 Å². The Kier molecular flexibility index (Phi) is 6.67. The van der Waals surface area contributed by atoms with Crippen LogP contribution in [0.5, 0.6) is 0 Å².